The summed E-state index contributed by atoms with van der Waals surface area (Å²) >= 11 is 0. The van der Waals surface area contributed by atoms with Crippen LogP contribution in [0.5, 0.6) is 11.5 Å². The van der Waals surface area contributed by atoms with E-state index in [0.717, 1.165) is 41.5 Å². The van der Waals surface area contributed by atoms with Gasteiger partial charge in [0.25, 0.3) is 0 Å². The first-order valence-corrected chi connectivity index (χ1v) is 8.84. The second-order valence-electron chi connectivity index (χ2n) is 6.52. The Morgan fingerprint density at radius 3 is 1.67 bits per heavy atom. The standard InChI is InChI=1S/C22H24N2O3/c1-26-20-12-14(6-8-18(20)23)10-16-4-3-5-17(22(16)25)11-15-7-9-19(24)21(13-15)27-2/h6-13H,3-5,23-24H2,1-2H3. The van der Waals surface area contributed by atoms with E-state index < -0.39 is 0 Å². The smallest absolute Gasteiger partial charge is 0.185 e. The normalized spacial score (nSPS) is 17.3. The number of carbonyl (C=O) groups is 1. The van der Waals surface area contributed by atoms with Crippen LogP contribution in [0.2, 0.25) is 0 Å². The molecule has 0 aliphatic heterocycles. The molecule has 1 aliphatic carbocycles. The summed E-state index contributed by atoms with van der Waals surface area (Å²) in [6.45, 7) is 0. The molecule has 0 saturated heterocycles. The SMILES string of the molecule is COc1cc(C=C2CCCC(=Cc3ccc(N)c(OC)c3)C2=O)ccc1N. The van der Waals surface area contributed by atoms with E-state index in [9.17, 15) is 4.79 Å². The van der Waals surface area contributed by atoms with Crippen LogP contribution in [0.15, 0.2) is 47.5 Å². The zero-order chi connectivity index (χ0) is 19.4. The van der Waals surface area contributed by atoms with Crippen molar-refractivity contribution in [1.82, 2.24) is 0 Å². The minimum Gasteiger partial charge on any atom is -0.495 e. The highest BCUT2D eigenvalue weighted by Crippen LogP contribution is 2.31. The maximum Gasteiger partial charge on any atom is 0.185 e. The Morgan fingerprint density at radius 1 is 0.815 bits per heavy atom. The van der Waals surface area contributed by atoms with Gasteiger partial charge < -0.3 is 20.9 Å². The molecule has 1 fully saturated rings. The number of nitrogen functional groups attached to an aromatic ring is 2. The van der Waals surface area contributed by atoms with Gasteiger partial charge in [-0.15, -0.1) is 0 Å². The maximum absolute atomic E-state index is 12.9. The van der Waals surface area contributed by atoms with Gasteiger partial charge in [-0.25, -0.2) is 0 Å². The molecule has 0 amide bonds. The number of ether oxygens (including phenoxy) is 2. The zero-order valence-electron chi connectivity index (χ0n) is 15.6. The number of allylic oxidation sites excluding steroid dienone is 2. The number of carbonyl (C=O) groups excluding carboxylic acids is 1. The first kappa shape index (κ1) is 18.6. The van der Waals surface area contributed by atoms with Crippen LogP contribution in [0, 0.1) is 0 Å². The van der Waals surface area contributed by atoms with E-state index in [1.54, 1.807) is 26.4 Å². The van der Waals surface area contributed by atoms with Crippen LogP contribution in [-0.4, -0.2) is 20.0 Å². The van der Waals surface area contributed by atoms with Crippen molar-refractivity contribution in [3.8, 4) is 11.5 Å². The highest BCUT2D eigenvalue weighted by molar-refractivity contribution is 6.14. The molecule has 3 rings (SSSR count). The summed E-state index contributed by atoms with van der Waals surface area (Å²) in [7, 11) is 3.16. The van der Waals surface area contributed by atoms with Gasteiger partial charge in [-0.05, 0) is 66.8 Å². The third-order valence-electron chi connectivity index (χ3n) is 4.67. The van der Waals surface area contributed by atoms with Crippen LogP contribution in [-0.2, 0) is 4.79 Å². The van der Waals surface area contributed by atoms with Gasteiger partial charge in [0.15, 0.2) is 5.78 Å². The van der Waals surface area contributed by atoms with Crippen molar-refractivity contribution in [2.75, 3.05) is 25.7 Å². The third-order valence-corrected chi connectivity index (χ3v) is 4.67. The number of Topliss-reactive ketones (excluding diaryl/α,β-unsaturated/α-hetero) is 1. The number of ketones is 1. The number of hydrogen-bond donors (Lipinski definition) is 2. The van der Waals surface area contributed by atoms with Crippen molar-refractivity contribution in [3.63, 3.8) is 0 Å². The van der Waals surface area contributed by atoms with Crippen molar-refractivity contribution in [2.24, 2.45) is 0 Å². The average Bonchev–Trinajstić information content (AvgIpc) is 2.67. The number of hydrogen-bond acceptors (Lipinski definition) is 5. The molecule has 2 aromatic rings. The molecule has 0 bridgehead atoms. The van der Waals surface area contributed by atoms with Gasteiger partial charge in [0.05, 0.1) is 25.6 Å². The van der Waals surface area contributed by atoms with Crippen LogP contribution in [0.3, 0.4) is 0 Å². The van der Waals surface area contributed by atoms with E-state index in [4.69, 9.17) is 20.9 Å². The van der Waals surface area contributed by atoms with Crippen molar-refractivity contribution < 1.29 is 14.3 Å². The quantitative estimate of drug-likeness (QED) is 0.630. The Hall–Kier alpha value is -3.21. The Morgan fingerprint density at radius 2 is 1.26 bits per heavy atom. The summed E-state index contributed by atoms with van der Waals surface area (Å²) in [5, 5.41) is 0. The Kier molecular flexibility index (Phi) is 5.50. The van der Waals surface area contributed by atoms with Gasteiger partial charge in [-0.2, -0.15) is 0 Å². The lowest BCUT2D eigenvalue weighted by atomic mass is 9.87. The average molecular weight is 364 g/mol. The van der Waals surface area contributed by atoms with Crippen molar-refractivity contribution in [3.05, 3.63) is 58.7 Å². The Bertz CT molecular complexity index is 856. The molecule has 1 saturated carbocycles. The topological polar surface area (TPSA) is 87.6 Å². The molecule has 0 aromatic heterocycles. The van der Waals surface area contributed by atoms with E-state index in [0.29, 0.717) is 22.9 Å². The monoisotopic (exact) mass is 364 g/mol. The number of rotatable bonds is 4. The molecule has 0 heterocycles. The molecule has 0 radical (unpaired) electrons. The van der Waals surface area contributed by atoms with Crippen molar-refractivity contribution in [2.45, 2.75) is 19.3 Å². The number of anilines is 2. The van der Waals surface area contributed by atoms with Gasteiger partial charge in [0, 0.05) is 11.1 Å². The Labute approximate surface area is 159 Å². The number of nitrogens with two attached hydrogens (primary N) is 2. The molecule has 140 valence electrons. The molecule has 4 N–H and O–H groups in total. The minimum absolute atomic E-state index is 0.0767. The van der Waals surface area contributed by atoms with Crippen LogP contribution < -0.4 is 20.9 Å². The van der Waals surface area contributed by atoms with Crippen molar-refractivity contribution in [1.29, 1.82) is 0 Å². The van der Waals surface area contributed by atoms with Crippen LogP contribution >= 0.6 is 0 Å². The highest BCUT2D eigenvalue weighted by Gasteiger charge is 2.20. The molecule has 2 aromatic carbocycles. The first-order chi connectivity index (χ1) is 13.0. The lowest BCUT2D eigenvalue weighted by molar-refractivity contribution is -0.112. The fraction of sp³-hybridized carbons (Fsp3) is 0.227. The summed E-state index contributed by atoms with van der Waals surface area (Å²) in [5.74, 6) is 1.29. The molecule has 0 spiro atoms. The van der Waals surface area contributed by atoms with Gasteiger partial charge >= 0.3 is 0 Å². The van der Waals surface area contributed by atoms with Crippen molar-refractivity contribution >= 4 is 29.3 Å². The van der Waals surface area contributed by atoms with Crippen LogP contribution in [0.4, 0.5) is 11.4 Å². The van der Waals surface area contributed by atoms with Gasteiger partial charge in [-0.3, -0.25) is 4.79 Å². The fourth-order valence-corrected chi connectivity index (χ4v) is 3.22. The lowest BCUT2D eigenvalue weighted by Crippen LogP contribution is -2.12. The Balaban J connectivity index is 1.89. The summed E-state index contributed by atoms with van der Waals surface area (Å²) < 4.78 is 10.5. The molecule has 5 heteroatoms. The number of benzene rings is 2. The predicted octanol–water partition coefficient (Wildman–Crippen LogP) is 4.09. The molecule has 5 nitrogen and oxygen atoms in total. The van der Waals surface area contributed by atoms with Gasteiger partial charge in [0.2, 0.25) is 0 Å². The predicted molar refractivity (Wildman–Crippen MR) is 110 cm³/mol. The lowest BCUT2D eigenvalue weighted by Gasteiger charge is -2.17. The van der Waals surface area contributed by atoms with E-state index in [1.165, 1.54) is 0 Å². The molecule has 1 aliphatic rings. The van der Waals surface area contributed by atoms with Crippen LogP contribution in [0.25, 0.3) is 12.2 Å². The summed E-state index contributed by atoms with van der Waals surface area (Å²) in [5.41, 5.74) is 16.3. The fourth-order valence-electron chi connectivity index (χ4n) is 3.22. The van der Waals surface area contributed by atoms with Gasteiger partial charge in [0.1, 0.15) is 11.5 Å². The molecule has 27 heavy (non-hydrogen) atoms. The number of methoxy groups -OCH3 is 2. The molecular weight excluding hydrogens is 340 g/mol. The maximum atomic E-state index is 12.9. The molecule has 0 atom stereocenters. The summed E-state index contributed by atoms with van der Waals surface area (Å²) in [6, 6.07) is 11.0. The van der Waals surface area contributed by atoms with E-state index in [1.807, 2.05) is 36.4 Å². The van der Waals surface area contributed by atoms with E-state index in [-0.39, 0.29) is 5.78 Å². The summed E-state index contributed by atoms with van der Waals surface area (Å²) in [4.78, 5) is 12.9. The molecule has 0 unspecified atom stereocenters. The second-order valence-corrected chi connectivity index (χ2v) is 6.52. The largest absolute Gasteiger partial charge is 0.495 e. The zero-order valence-corrected chi connectivity index (χ0v) is 15.6. The van der Waals surface area contributed by atoms with E-state index in [2.05, 4.69) is 0 Å². The van der Waals surface area contributed by atoms with Crippen LogP contribution in [0.1, 0.15) is 30.4 Å². The third kappa shape index (κ3) is 4.14. The van der Waals surface area contributed by atoms with E-state index >= 15 is 0 Å². The minimum atomic E-state index is 0.0767. The summed E-state index contributed by atoms with van der Waals surface area (Å²) in [6.07, 6.45) is 6.28. The molecular formula is C22H24N2O3. The highest BCUT2D eigenvalue weighted by atomic mass is 16.5. The van der Waals surface area contributed by atoms with Gasteiger partial charge in [-0.1, -0.05) is 12.1 Å². The second kappa shape index (κ2) is 7.99. The first-order valence-electron chi connectivity index (χ1n) is 8.84.